The van der Waals surface area contributed by atoms with E-state index in [-0.39, 0.29) is 0 Å². The Balaban J connectivity index is 3.25. The molecule has 0 unspecified atom stereocenters. The molecule has 0 fully saturated rings. The summed E-state index contributed by atoms with van der Waals surface area (Å²) in [4.78, 5) is 0. The Morgan fingerprint density at radius 3 is 2.33 bits per heavy atom. The Labute approximate surface area is 71.5 Å². The highest BCUT2D eigenvalue weighted by Gasteiger charge is 1.95. The molecule has 1 aromatic carbocycles. The number of halogens is 2. The molecule has 1 rings (SSSR count). The molecule has 2 heteroatoms. The highest BCUT2D eigenvalue weighted by molar-refractivity contribution is 9.13. The first kappa shape index (κ1) is 7.29. The predicted octanol–water partition coefficient (Wildman–Crippen LogP) is 3.39. The van der Waals surface area contributed by atoms with Crippen molar-refractivity contribution in [2.45, 2.75) is 0 Å². The van der Waals surface area contributed by atoms with Gasteiger partial charge in [0.1, 0.15) is 0 Å². The minimum atomic E-state index is 1.00. The van der Waals surface area contributed by atoms with Crippen LogP contribution in [0.2, 0.25) is 0 Å². The predicted molar refractivity (Wildman–Crippen MR) is 46.3 cm³/mol. The molecular formula is C7H5Br2. The van der Waals surface area contributed by atoms with Crippen molar-refractivity contribution in [3.8, 4) is 0 Å². The Morgan fingerprint density at radius 2 is 1.89 bits per heavy atom. The van der Waals surface area contributed by atoms with Gasteiger partial charge in [0, 0.05) is 8.95 Å². The van der Waals surface area contributed by atoms with Crippen molar-refractivity contribution in [2.75, 3.05) is 0 Å². The summed E-state index contributed by atoms with van der Waals surface area (Å²) in [5.41, 5.74) is 1.00. The fourth-order valence-electron chi connectivity index (χ4n) is 0.548. The first-order chi connectivity index (χ1) is 4.22. The summed E-state index contributed by atoms with van der Waals surface area (Å²) in [6, 6.07) is 5.88. The molecule has 0 aromatic heterocycles. The lowest BCUT2D eigenvalue weighted by Gasteiger charge is -1.97. The van der Waals surface area contributed by atoms with Gasteiger partial charge in [-0.25, -0.2) is 0 Å². The average molecular weight is 249 g/mol. The quantitative estimate of drug-likeness (QED) is 0.660. The Morgan fingerprint density at radius 1 is 1.22 bits per heavy atom. The maximum absolute atomic E-state index is 3.80. The maximum Gasteiger partial charge on any atom is 0.0349 e. The van der Waals surface area contributed by atoms with Gasteiger partial charge in [-0.1, -0.05) is 12.1 Å². The van der Waals surface area contributed by atoms with Crippen LogP contribution in [0.15, 0.2) is 27.1 Å². The molecule has 1 radical (unpaired) electrons. The van der Waals surface area contributed by atoms with E-state index in [0.29, 0.717) is 0 Å². The van der Waals surface area contributed by atoms with Gasteiger partial charge in [0.2, 0.25) is 0 Å². The van der Waals surface area contributed by atoms with Crippen LogP contribution in [-0.4, -0.2) is 0 Å². The van der Waals surface area contributed by atoms with Crippen molar-refractivity contribution in [3.63, 3.8) is 0 Å². The van der Waals surface area contributed by atoms with E-state index in [0.717, 1.165) is 14.5 Å². The van der Waals surface area contributed by atoms with E-state index < -0.39 is 0 Å². The lowest BCUT2D eigenvalue weighted by molar-refractivity contribution is 1.51. The summed E-state index contributed by atoms with van der Waals surface area (Å²) in [5.74, 6) is 0. The van der Waals surface area contributed by atoms with Crippen molar-refractivity contribution in [3.05, 3.63) is 39.6 Å². The van der Waals surface area contributed by atoms with E-state index in [4.69, 9.17) is 0 Å². The van der Waals surface area contributed by atoms with Gasteiger partial charge in [-0.2, -0.15) is 0 Å². The molecule has 0 spiro atoms. The van der Waals surface area contributed by atoms with Gasteiger partial charge in [0.25, 0.3) is 0 Å². The monoisotopic (exact) mass is 247 g/mol. The summed E-state index contributed by atoms with van der Waals surface area (Å²) in [6.07, 6.45) is 0. The molecule has 47 valence electrons. The third-order valence-corrected chi connectivity index (χ3v) is 3.16. The number of benzene rings is 1. The lowest BCUT2D eigenvalue weighted by Crippen LogP contribution is -1.73. The molecule has 0 amide bonds. The molecule has 0 saturated heterocycles. The van der Waals surface area contributed by atoms with Gasteiger partial charge in [-0.3, -0.25) is 0 Å². The van der Waals surface area contributed by atoms with Crippen molar-refractivity contribution in [2.24, 2.45) is 0 Å². The third-order valence-electron chi connectivity index (χ3n) is 1.03. The molecular weight excluding hydrogens is 244 g/mol. The zero-order valence-electron chi connectivity index (χ0n) is 4.70. The van der Waals surface area contributed by atoms with Crippen LogP contribution >= 0.6 is 31.9 Å². The normalized spacial score (nSPS) is 9.67. The summed E-state index contributed by atoms with van der Waals surface area (Å²) in [6.45, 7) is 3.80. The van der Waals surface area contributed by atoms with Crippen molar-refractivity contribution in [1.82, 2.24) is 0 Å². The molecule has 0 saturated carbocycles. The largest absolute Gasteiger partial charge is 0.0608 e. The SMILES string of the molecule is [CH2]c1cccc(Br)c1Br. The summed E-state index contributed by atoms with van der Waals surface area (Å²) in [7, 11) is 0. The van der Waals surface area contributed by atoms with Crippen molar-refractivity contribution < 1.29 is 0 Å². The Hall–Kier alpha value is 0.180. The minimum absolute atomic E-state index is 1.00. The van der Waals surface area contributed by atoms with Gasteiger partial charge in [-0.15, -0.1) is 0 Å². The summed E-state index contributed by atoms with van der Waals surface area (Å²) < 4.78 is 2.08. The average Bonchev–Trinajstić information content (AvgIpc) is 1.83. The van der Waals surface area contributed by atoms with E-state index in [1.165, 1.54) is 0 Å². The molecule has 0 bridgehead atoms. The van der Waals surface area contributed by atoms with Crippen LogP contribution in [0.5, 0.6) is 0 Å². The second kappa shape index (κ2) is 2.84. The van der Waals surface area contributed by atoms with E-state index in [1.54, 1.807) is 0 Å². The third kappa shape index (κ3) is 1.55. The topological polar surface area (TPSA) is 0 Å². The Bertz CT molecular complexity index is 198. The van der Waals surface area contributed by atoms with Gasteiger partial charge < -0.3 is 0 Å². The first-order valence-electron chi connectivity index (χ1n) is 2.48. The molecule has 0 atom stereocenters. The summed E-state index contributed by atoms with van der Waals surface area (Å²) >= 11 is 6.73. The van der Waals surface area contributed by atoms with Crippen molar-refractivity contribution in [1.29, 1.82) is 0 Å². The second-order valence-electron chi connectivity index (χ2n) is 1.71. The van der Waals surface area contributed by atoms with E-state index in [1.807, 2.05) is 18.2 Å². The van der Waals surface area contributed by atoms with Gasteiger partial charge in [0.15, 0.2) is 0 Å². The van der Waals surface area contributed by atoms with Gasteiger partial charge in [-0.05, 0) is 50.4 Å². The minimum Gasteiger partial charge on any atom is -0.0608 e. The second-order valence-corrected chi connectivity index (χ2v) is 3.36. The van der Waals surface area contributed by atoms with Crippen molar-refractivity contribution >= 4 is 31.9 Å². The fourth-order valence-corrected chi connectivity index (χ4v) is 1.22. The van der Waals surface area contributed by atoms with Crippen LogP contribution in [0.4, 0.5) is 0 Å². The molecule has 0 nitrogen and oxygen atoms in total. The molecule has 0 N–H and O–H groups in total. The standard InChI is InChI=1S/C7H5Br2/c1-5-3-2-4-6(8)7(5)9/h2-4H,1H2. The number of hydrogen-bond donors (Lipinski definition) is 0. The fraction of sp³-hybridized carbons (Fsp3) is 0. The first-order valence-corrected chi connectivity index (χ1v) is 4.06. The van der Waals surface area contributed by atoms with Crippen LogP contribution in [0.25, 0.3) is 0 Å². The molecule has 1 aromatic rings. The van der Waals surface area contributed by atoms with Crippen LogP contribution in [0, 0.1) is 6.92 Å². The smallest absolute Gasteiger partial charge is 0.0349 e. The van der Waals surface area contributed by atoms with E-state index >= 15 is 0 Å². The van der Waals surface area contributed by atoms with Crippen LogP contribution in [0.1, 0.15) is 5.56 Å². The number of rotatable bonds is 0. The molecule has 0 aliphatic rings. The van der Waals surface area contributed by atoms with Gasteiger partial charge in [0.05, 0.1) is 0 Å². The molecule has 0 heterocycles. The number of hydrogen-bond acceptors (Lipinski definition) is 0. The zero-order valence-corrected chi connectivity index (χ0v) is 7.87. The van der Waals surface area contributed by atoms with Gasteiger partial charge >= 0.3 is 0 Å². The van der Waals surface area contributed by atoms with E-state index in [9.17, 15) is 0 Å². The molecule has 0 aliphatic carbocycles. The highest BCUT2D eigenvalue weighted by Crippen LogP contribution is 2.25. The highest BCUT2D eigenvalue weighted by atomic mass is 79.9. The van der Waals surface area contributed by atoms with Crippen LogP contribution in [0.3, 0.4) is 0 Å². The van der Waals surface area contributed by atoms with E-state index in [2.05, 4.69) is 38.8 Å². The van der Waals surface area contributed by atoms with Crippen LogP contribution in [-0.2, 0) is 0 Å². The summed E-state index contributed by atoms with van der Waals surface area (Å²) in [5, 5.41) is 0. The van der Waals surface area contributed by atoms with Crippen LogP contribution < -0.4 is 0 Å². The lowest BCUT2D eigenvalue weighted by atomic mass is 10.2. The molecule has 0 aliphatic heterocycles. The Kier molecular flexibility index (Phi) is 2.30. The zero-order chi connectivity index (χ0) is 6.85. The maximum atomic E-state index is 3.80. The molecule has 9 heavy (non-hydrogen) atoms.